The van der Waals surface area contributed by atoms with Crippen LogP contribution in [-0.2, 0) is 22.6 Å². The van der Waals surface area contributed by atoms with Gasteiger partial charge in [0.15, 0.2) is 11.2 Å². The highest BCUT2D eigenvalue weighted by molar-refractivity contribution is 5.86. The molecule has 55 heavy (non-hydrogen) atoms. The van der Waals surface area contributed by atoms with E-state index in [2.05, 4.69) is 11.0 Å². The van der Waals surface area contributed by atoms with Crippen LogP contribution in [0.1, 0.15) is 40.7 Å². The molecule has 0 unspecified atom stereocenters. The van der Waals surface area contributed by atoms with Crippen molar-refractivity contribution >= 4 is 28.2 Å². The molecule has 2 aromatic heterocycles. The maximum Gasteiger partial charge on any atom is 0.387 e. The van der Waals surface area contributed by atoms with Gasteiger partial charge in [-0.1, -0.05) is 24.3 Å². The molecule has 0 amide bonds. The van der Waals surface area contributed by atoms with Crippen LogP contribution in [0, 0.1) is 31.1 Å². The lowest BCUT2D eigenvalue weighted by Crippen LogP contribution is -2.47. The Hall–Kier alpha value is -5.68. The van der Waals surface area contributed by atoms with E-state index in [0.29, 0.717) is 70.4 Å². The van der Waals surface area contributed by atoms with E-state index in [0.717, 1.165) is 59.6 Å². The number of likely N-dealkylation sites (tertiary alicyclic amines) is 2. The fourth-order valence-corrected chi connectivity index (χ4v) is 8.06. The number of hydrogen-bond acceptors (Lipinski definition) is 10. The minimum absolute atomic E-state index is 0.0799. The number of hydrogen-bond donors (Lipinski definition) is 1. The normalized spacial score (nSPS) is 16.6. The summed E-state index contributed by atoms with van der Waals surface area (Å²) in [4.78, 5) is 25.5. The van der Waals surface area contributed by atoms with Crippen LogP contribution in [-0.4, -0.2) is 76.8 Å². The molecular weight excluding hydrogens is 708 g/mol. The molecule has 0 aliphatic carbocycles. The summed E-state index contributed by atoms with van der Waals surface area (Å²) >= 11 is 0. The number of methoxy groups -OCH3 is 1. The number of benzene rings is 4. The number of carboxylic acids is 1. The van der Waals surface area contributed by atoms with Gasteiger partial charge < -0.3 is 23.4 Å². The van der Waals surface area contributed by atoms with Gasteiger partial charge in [0, 0.05) is 62.0 Å². The van der Waals surface area contributed by atoms with Crippen molar-refractivity contribution < 1.29 is 37.0 Å². The molecule has 282 valence electrons. The molecule has 1 N–H and O–H groups in total. The van der Waals surface area contributed by atoms with Gasteiger partial charge in [0.25, 0.3) is 0 Å². The van der Waals surface area contributed by atoms with Crippen molar-refractivity contribution in [2.45, 2.75) is 52.4 Å². The van der Waals surface area contributed by atoms with E-state index < -0.39 is 18.6 Å². The van der Waals surface area contributed by atoms with Crippen molar-refractivity contribution in [2.24, 2.45) is 5.92 Å². The molecule has 6 aromatic rings. The van der Waals surface area contributed by atoms with E-state index in [9.17, 15) is 23.9 Å². The first-order valence-electron chi connectivity index (χ1n) is 18.2. The monoisotopic (exact) mass is 747 g/mol. The first kappa shape index (κ1) is 36.3. The Morgan fingerprint density at radius 1 is 0.964 bits per heavy atom. The highest BCUT2D eigenvalue weighted by Gasteiger charge is 2.32. The Labute approximate surface area is 315 Å². The number of aromatic nitrogens is 2. The minimum Gasteiger partial charge on any atom is -0.480 e. The average Bonchev–Trinajstić information content (AvgIpc) is 3.89. The molecule has 1 atom stereocenters. The molecule has 2 saturated heterocycles. The maximum absolute atomic E-state index is 13.5. The van der Waals surface area contributed by atoms with Crippen LogP contribution in [0.4, 0.5) is 8.78 Å². The van der Waals surface area contributed by atoms with Crippen molar-refractivity contribution in [3.63, 3.8) is 0 Å². The van der Waals surface area contributed by atoms with Gasteiger partial charge in [0.2, 0.25) is 11.8 Å². The summed E-state index contributed by atoms with van der Waals surface area (Å²) < 4.78 is 49.6. The lowest BCUT2D eigenvalue weighted by molar-refractivity contribution is -0.142. The number of alkyl halides is 2. The molecule has 0 spiro atoms. The smallest absolute Gasteiger partial charge is 0.387 e. The van der Waals surface area contributed by atoms with Crippen LogP contribution >= 0.6 is 0 Å². The number of carboxylic acid groups (broad SMARTS) is 1. The number of nitriles is 1. The van der Waals surface area contributed by atoms with E-state index in [1.54, 1.807) is 18.1 Å². The Bertz CT molecular complexity index is 2460. The van der Waals surface area contributed by atoms with Gasteiger partial charge in [-0.05, 0) is 91.4 Å². The van der Waals surface area contributed by atoms with Gasteiger partial charge in [-0.15, -0.1) is 0 Å². The van der Waals surface area contributed by atoms with Crippen molar-refractivity contribution in [3.8, 4) is 45.9 Å². The standard InChI is InChI=1S/C42H39F2N5O6/c1-23-29(7-4-9-31(23)39-46-33-15-28(21-49-12-6-11-35(49)41(50)51)36(54-42(43)44)16-37(33)53-39)30-8-5-10-32(24(30)2)40-47-34-14-25(13-27(17-45)38(34)55-40)18-48-19-26(20-48)22-52-3/h4-5,7-10,13-16,26,35,42H,6,11-12,18-22H2,1-3H3,(H,50,51)/t35-/m0/s1. The second kappa shape index (κ2) is 14.9. The Balaban J connectivity index is 1.11. The van der Waals surface area contributed by atoms with E-state index in [4.69, 9.17) is 28.3 Å². The SMILES string of the molecule is COCC1CN(Cc2cc(C#N)c3oc(-c4cccc(-c5cccc(-c6nc7cc(CN8CCC[C@H]8C(=O)O)c(OC(F)F)cc7o6)c5C)c4C)nc3c2)C1. The average molecular weight is 748 g/mol. The van der Waals surface area contributed by atoms with Crippen LogP contribution in [0.5, 0.6) is 5.75 Å². The Morgan fingerprint density at radius 3 is 2.29 bits per heavy atom. The van der Waals surface area contributed by atoms with Crippen LogP contribution in [0.15, 0.2) is 69.5 Å². The van der Waals surface area contributed by atoms with E-state index >= 15 is 0 Å². The maximum atomic E-state index is 13.5. The molecule has 13 heteroatoms. The molecule has 2 aliphatic rings. The first-order valence-corrected chi connectivity index (χ1v) is 18.2. The zero-order chi connectivity index (χ0) is 38.4. The molecular formula is C42H39F2N5O6. The fourth-order valence-electron chi connectivity index (χ4n) is 8.06. The number of fused-ring (bicyclic) bond motifs is 2. The molecule has 8 rings (SSSR count). The van der Waals surface area contributed by atoms with Gasteiger partial charge in [-0.3, -0.25) is 14.6 Å². The number of oxazole rings is 2. The molecule has 0 radical (unpaired) electrons. The van der Waals surface area contributed by atoms with Gasteiger partial charge >= 0.3 is 12.6 Å². The third-order valence-electron chi connectivity index (χ3n) is 10.7. The topological polar surface area (TPSA) is 138 Å². The van der Waals surface area contributed by atoms with E-state index in [1.165, 1.54) is 6.07 Å². The molecule has 0 bridgehead atoms. The van der Waals surface area contributed by atoms with Crippen LogP contribution < -0.4 is 4.74 Å². The zero-order valence-electron chi connectivity index (χ0n) is 30.6. The molecule has 0 saturated carbocycles. The van der Waals surface area contributed by atoms with Crippen molar-refractivity contribution in [3.05, 3.63) is 88.5 Å². The van der Waals surface area contributed by atoms with E-state index in [-0.39, 0.29) is 17.9 Å². The van der Waals surface area contributed by atoms with Gasteiger partial charge in [0.05, 0.1) is 12.2 Å². The number of rotatable bonds is 12. The minimum atomic E-state index is -3.07. The van der Waals surface area contributed by atoms with Crippen molar-refractivity contribution in [2.75, 3.05) is 33.4 Å². The number of ether oxygens (including phenoxy) is 2. The van der Waals surface area contributed by atoms with Crippen LogP contribution in [0.25, 0.3) is 56.2 Å². The van der Waals surface area contributed by atoms with Gasteiger partial charge in [0.1, 0.15) is 28.9 Å². The molecule has 2 aliphatic heterocycles. The summed E-state index contributed by atoms with van der Waals surface area (Å²) in [5, 5.41) is 19.7. The molecule has 4 aromatic carbocycles. The third-order valence-corrected chi connectivity index (χ3v) is 10.7. The second-order valence-electron chi connectivity index (χ2n) is 14.4. The predicted molar refractivity (Wildman–Crippen MR) is 200 cm³/mol. The molecule has 4 heterocycles. The highest BCUT2D eigenvalue weighted by atomic mass is 19.3. The number of nitrogens with zero attached hydrogens (tertiary/aromatic N) is 5. The molecule has 2 fully saturated rings. The summed E-state index contributed by atoms with van der Waals surface area (Å²) in [7, 11) is 1.72. The summed E-state index contributed by atoms with van der Waals surface area (Å²) in [6.45, 7) is 4.91. The largest absolute Gasteiger partial charge is 0.480 e. The van der Waals surface area contributed by atoms with E-state index in [1.807, 2.05) is 62.4 Å². The highest BCUT2D eigenvalue weighted by Crippen LogP contribution is 2.39. The van der Waals surface area contributed by atoms with Crippen LogP contribution in [0.2, 0.25) is 0 Å². The van der Waals surface area contributed by atoms with Gasteiger partial charge in [-0.25, -0.2) is 9.97 Å². The summed E-state index contributed by atoms with van der Waals surface area (Å²) in [5.74, 6) is 0.222. The Morgan fingerprint density at radius 2 is 1.64 bits per heavy atom. The number of halogens is 2. The Kier molecular flexibility index (Phi) is 9.81. The second-order valence-corrected chi connectivity index (χ2v) is 14.4. The number of carbonyl (C=O) groups is 1. The summed E-state index contributed by atoms with van der Waals surface area (Å²) in [5.41, 5.74) is 8.82. The summed E-state index contributed by atoms with van der Waals surface area (Å²) in [6.07, 6.45) is 1.19. The van der Waals surface area contributed by atoms with Crippen molar-refractivity contribution in [1.82, 2.24) is 19.8 Å². The summed E-state index contributed by atoms with van der Waals surface area (Å²) in [6, 6.07) is 20.2. The fraction of sp³-hybridized carbons (Fsp3) is 0.333. The van der Waals surface area contributed by atoms with Crippen LogP contribution in [0.3, 0.4) is 0 Å². The van der Waals surface area contributed by atoms with Crippen molar-refractivity contribution in [1.29, 1.82) is 5.26 Å². The third kappa shape index (κ3) is 7.04. The lowest BCUT2D eigenvalue weighted by Gasteiger charge is -2.38. The number of aliphatic carboxylic acids is 1. The first-order chi connectivity index (χ1) is 26.6. The lowest BCUT2D eigenvalue weighted by atomic mass is 9.91. The quantitative estimate of drug-likeness (QED) is 0.130. The predicted octanol–water partition coefficient (Wildman–Crippen LogP) is 8.19. The molecule has 11 nitrogen and oxygen atoms in total. The zero-order valence-corrected chi connectivity index (χ0v) is 30.6. The van der Waals surface area contributed by atoms with Gasteiger partial charge in [-0.2, -0.15) is 14.0 Å².